The topological polar surface area (TPSA) is 43.1 Å². The van der Waals surface area contributed by atoms with Gasteiger partial charge in [0.1, 0.15) is 0 Å². The van der Waals surface area contributed by atoms with Crippen molar-refractivity contribution in [3.63, 3.8) is 0 Å². The fourth-order valence-electron chi connectivity index (χ4n) is 0.940. The average molecular weight is 182 g/mol. The van der Waals surface area contributed by atoms with Crippen molar-refractivity contribution in [3.8, 4) is 0 Å². The zero-order chi connectivity index (χ0) is 9.14. The van der Waals surface area contributed by atoms with Gasteiger partial charge in [-0.25, -0.2) is 0 Å². The van der Waals surface area contributed by atoms with Crippen LogP contribution < -0.4 is 0 Å². The molecule has 0 N–H and O–H groups in total. The molecule has 4 heteroatoms. The minimum atomic E-state index is -0.395. The van der Waals surface area contributed by atoms with Crippen molar-refractivity contribution in [1.82, 2.24) is 0 Å². The van der Waals surface area contributed by atoms with Gasteiger partial charge in [0.15, 0.2) is 0 Å². The predicted molar refractivity (Wildman–Crippen MR) is 49.3 cm³/mol. The van der Waals surface area contributed by atoms with Crippen LogP contribution in [0.25, 0.3) is 0 Å². The van der Waals surface area contributed by atoms with E-state index in [2.05, 4.69) is 6.92 Å². The van der Waals surface area contributed by atoms with E-state index < -0.39 is 4.92 Å². The van der Waals surface area contributed by atoms with E-state index >= 15 is 0 Å². The Labute approximate surface area is 74.9 Å². The van der Waals surface area contributed by atoms with Crippen LogP contribution in [0.3, 0.4) is 0 Å². The number of para-hydroxylation sites is 1. The lowest BCUT2D eigenvalue weighted by Gasteiger charge is -2.00. The van der Waals surface area contributed by atoms with E-state index in [9.17, 15) is 10.1 Å². The van der Waals surface area contributed by atoms with Crippen LogP contribution in [0, 0.1) is 17.0 Å². The van der Waals surface area contributed by atoms with Gasteiger partial charge in [-0.15, -0.1) is 11.8 Å². The Bertz CT molecular complexity index is 312. The number of hydrogen-bond acceptors (Lipinski definition) is 3. The molecule has 1 aromatic rings. The molecule has 1 radical (unpaired) electrons. The predicted octanol–water partition coefficient (Wildman–Crippen LogP) is 2.50. The Morgan fingerprint density at radius 3 is 2.67 bits per heavy atom. The zero-order valence-corrected chi connectivity index (χ0v) is 7.43. The highest BCUT2D eigenvalue weighted by atomic mass is 32.2. The Balaban J connectivity index is 3.29. The van der Waals surface area contributed by atoms with E-state index in [1.165, 1.54) is 11.8 Å². The number of nitrogens with zero attached hydrogens (tertiary/aromatic N) is 1. The zero-order valence-electron chi connectivity index (χ0n) is 6.61. The lowest BCUT2D eigenvalue weighted by molar-refractivity contribution is -0.388. The summed E-state index contributed by atoms with van der Waals surface area (Å²) in [7, 11) is 0. The number of hydrogen-bond donors (Lipinski definition) is 0. The van der Waals surface area contributed by atoms with Gasteiger partial charge in [0, 0.05) is 5.56 Å². The summed E-state index contributed by atoms with van der Waals surface area (Å²) in [6, 6.07) is 5.12. The van der Waals surface area contributed by atoms with Crippen LogP contribution in [0.15, 0.2) is 23.1 Å². The second kappa shape index (κ2) is 3.58. The highest BCUT2D eigenvalue weighted by Gasteiger charge is 2.15. The van der Waals surface area contributed by atoms with E-state index in [0.29, 0.717) is 10.5 Å². The third kappa shape index (κ3) is 1.58. The molecule has 0 heterocycles. The minimum Gasteiger partial charge on any atom is -0.258 e. The fourth-order valence-corrected chi connectivity index (χ4v) is 1.55. The Morgan fingerprint density at radius 2 is 2.25 bits per heavy atom. The van der Waals surface area contributed by atoms with Crippen LogP contribution in [0.4, 0.5) is 5.69 Å². The molecule has 0 aliphatic heterocycles. The van der Waals surface area contributed by atoms with Crippen LogP contribution in [-0.2, 0) is 0 Å². The number of rotatable bonds is 2. The molecule has 0 aliphatic carbocycles. The average Bonchev–Trinajstić information content (AvgIpc) is 2.03. The van der Waals surface area contributed by atoms with Crippen LogP contribution in [-0.4, -0.2) is 11.2 Å². The third-order valence-corrected chi connectivity index (χ3v) is 2.25. The maximum atomic E-state index is 10.6. The Morgan fingerprint density at radius 1 is 1.58 bits per heavy atom. The quantitative estimate of drug-likeness (QED) is 0.401. The molecule has 0 bridgehead atoms. The molecule has 63 valence electrons. The summed E-state index contributed by atoms with van der Waals surface area (Å²) in [5.74, 6) is 0. The maximum absolute atomic E-state index is 10.6. The molecule has 0 spiro atoms. The van der Waals surface area contributed by atoms with Gasteiger partial charge in [-0.1, -0.05) is 12.1 Å². The summed E-state index contributed by atoms with van der Waals surface area (Å²) < 4.78 is 0. The monoisotopic (exact) mass is 182 g/mol. The molecule has 0 aliphatic rings. The first-order valence-electron chi connectivity index (χ1n) is 3.30. The molecule has 0 unspecified atom stereocenters. The molecule has 0 amide bonds. The van der Waals surface area contributed by atoms with Crippen molar-refractivity contribution in [1.29, 1.82) is 0 Å². The maximum Gasteiger partial charge on any atom is 0.286 e. The molecule has 0 aromatic heterocycles. The van der Waals surface area contributed by atoms with Crippen molar-refractivity contribution >= 4 is 17.4 Å². The first-order chi connectivity index (χ1) is 5.66. The third-order valence-electron chi connectivity index (χ3n) is 1.49. The number of nitro benzene ring substituents is 1. The second-order valence-electron chi connectivity index (χ2n) is 2.23. The SMILES string of the molecule is [CH2]c1cccc(SC)c1[N+](=O)[O-]. The number of thioether (sulfide) groups is 1. The van der Waals surface area contributed by atoms with Crippen LogP contribution in [0.2, 0.25) is 0 Å². The van der Waals surface area contributed by atoms with E-state index in [4.69, 9.17) is 0 Å². The molecule has 0 atom stereocenters. The smallest absolute Gasteiger partial charge is 0.258 e. The molecule has 0 fully saturated rings. The van der Waals surface area contributed by atoms with Crippen molar-refractivity contribution in [3.05, 3.63) is 40.8 Å². The van der Waals surface area contributed by atoms with Crippen LogP contribution in [0.5, 0.6) is 0 Å². The summed E-state index contributed by atoms with van der Waals surface area (Å²) >= 11 is 1.36. The van der Waals surface area contributed by atoms with Gasteiger partial charge in [-0.3, -0.25) is 10.1 Å². The molecular formula is C8H8NO2S. The Hall–Kier alpha value is -1.03. The summed E-state index contributed by atoms with van der Waals surface area (Å²) in [4.78, 5) is 10.8. The number of nitro groups is 1. The van der Waals surface area contributed by atoms with Crippen molar-refractivity contribution in [2.24, 2.45) is 0 Å². The number of benzene rings is 1. The first-order valence-corrected chi connectivity index (χ1v) is 4.52. The van der Waals surface area contributed by atoms with Gasteiger partial charge in [-0.2, -0.15) is 0 Å². The van der Waals surface area contributed by atoms with Crippen molar-refractivity contribution < 1.29 is 4.92 Å². The fraction of sp³-hybridized carbons (Fsp3) is 0.125. The molecule has 3 nitrogen and oxygen atoms in total. The highest BCUT2D eigenvalue weighted by molar-refractivity contribution is 7.98. The molecule has 1 rings (SSSR count). The van der Waals surface area contributed by atoms with Crippen LogP contribution in [0.1, 0.15) is 5.56 Å². The Kier molecular flexibility index (Phi) is 2.70. The minimum absolute atomic E-state index is 0.116. The lowest BCUT2D eigenvalue weighted by atomic mass is 10.2. The normalized spacial score (nSPS) is 9.83. The lowest BCUT2D eigenvalue weighted by Crippen LogP contribution is -1.93. The van der Waals surface area contributed by atoms with E-state index in [1.54, 1.807) is 18.2 Å². The van der Waals surface area contributed by atoms with Gasteiger partial charge in [0.2, 0.25) is 0 Å². The van der Waals surface area contributed by atoms with Crippen LogP contribution >= 0.6 is 11.8 Å². The van der Waals surface area contributed by atoms with Crippen molar-refractivity contribution in [2.75, 3.05) is 6.26 Å². The van der Waals surface area contributed by atoms with Gasteiger partial charge < -0.3 is 0 Å². The summed E-state index contributed by atoms with van der Waals surface area (Å²) in [6.45, 7) is 3.60. The molecule has 12 heavy (non-hydrogen) atoms. The summed E-state index contributed by atoms with van der Waals surface area (Å²) in [6.07, 6.45) is 1.81. The standard InChI is InChI=1S/C8H8NO2S/c1-6-4-3-5-7(12-2)8(6)9(10)11/h3-5H,1H2,2H3. The van der Waals surface area contributed by atoms with E-state index in [-0.39, 0.29) is 5.69 Å². The molecule has 0 saturated carbocycles. The molecular weight excluding hydrogens is 174 g/mol. The van der Waals surface area contributed by atoms with E-state index in [1.807, 2.05) is 6.26 Å². The van der Waals surface area contributed by atoms with Crippen molar-refractivity contribution in [2.45, 2.75) is 4.90 Å². The highest BCUT2D eigenvalue weighted by Crippen LogP contribution is 2.29. The molecule has 0 saturated heterocycles. The van der Waals surface area contributed by atoms with Gasteiger partial charge in [0.25, 0.3) is 5.69 Å². The first kappa shape index (κ1) is 9.06. The second-order valence-corrected chi connectivity index (χ2v) is 3.07. The van der Waals surface area contributed by atoms with Gasteiger partial charge >= 0.3 is 0 Å². The van der Waals surface area contributed by atoms with Gasteiger partial charge in [-0.05, 0) is 19.2 Å². The summed E-state index contributed by atoms with van der Waals surface area (Å²) in [5.41, 5.74) is 0.580. The largest absolute Gasteiger partial charge is 0.286 e. The summed E-state index contributed by atoms with van der Waals surface area (Å²) in [5, 5.41) is 10.6. The van der Waals surface area contributed by atoms with Gasteiger partial charge in [0.05, 0.1) is 9.82 Å². The molecule has 1 aromatic carbocycles. The van der Waals surface area contributed by atoms with E-state index in [0.717, 1.165) is 0 Å².